The van der Waals surface area contributed by atoms with Crippen LogP contribution in [-0.2, 0) is 6.54 Å². The van der Waals surface area contributed by atoms with Crippen LogP contribution in [0.2, 0.25) is 0 Å². The van der Waals surface area contributed by atoms with Gasteiger partial charge in [0.15, 0.2) is 11.6 Å². The van der Waals surface area contributed by atoms with E-state index in [0.29, 0.717) is 34.8 Å². The van der Waals surface area contributed by atoms with Gasteiger partial charge in [0, 0.05) is 49.9 Å². The number of hydrogen-bond donors (Lipinski definition) is 3. The number of piperidine rings is 1. The largest absolute Gasteiger partial charge is 0.393 e. The molecule has 0 amide bonds. The van der Waals surface area contributed by atoms with E-state index in [0.717, 1.165) is 56.1 Å². The molecule has 1 aliphatic rings. The van der Waals surface area contributed by atoms with Crippen LogP contribution < -0.4 is 21.7 Å². The van der Waals surface area contributed by atoms with Crippen LogP contribution in [0.3, 0.4) is 0 Å². The molecular formula is C24H33FN8. The molecule has 1 aliphatic heterocycles. The predicted octanol–water partition coefficient (Wildman–Crippen LogP) is 3.33. The molecule has 0 bridgehead atoms. The van der Waals surface area contributed by atoms with Gasteiger partial charge in [-0.2, -0.15) is 0 Å². The van der Waals surface area contributed by atoms with E-state index in [1.807, 2.05) is 6.07 Å². The van der Waals surface area contributed by atoms with Gasteiger partial charge in [-0.15, -0.1) is 0 Å². The number of anilines is 3. The molecule has 1 saturated heterocycles. The number of nitrogen functional groups attached to an aromatic ring is 2. The highest BCUT2D eigenvalue weighted by Gasteiger charge is 2.27. The number of nitrogens with one attached hydrogen (secondary N) is 1. The number of imidazole rings is 1. The van der Waals surface area contributed by atoms with Crippen LogP contribution >= 0.6 is 0 Å². The number of rotatable bonds is 7. The Hall–Kier alpha value is -3.20. The summed E-state index contributed by atoms with van der Waals surface area (Å²) in [5.41, 5.74) is 14.9. The van der Waals surface area contributed by atoms with Crippen molar-refractivity contribution in [1.82, 2.24) is 24.8 Å². The lowest BCUT2D eigenvalue weighted by Gasteiger charge is -2.33. The van der Waals surface area contributed by atoms with Crippen molar-refractivity contribution in [3.05, 3.63) is 47.9 Å². The van der Waals surface area contributed by atoms with Crippen molar-refractivity contribution in [2.75, 3.05) is 36.0 Å². The number of aromatic nitrogens is 4. The van der Waals surface area contributed by atoms with Crippen LogP contribution in [0, 0.1) is 12.7 Å². The second kappa shape index (κ2) is 9.74. The fourth-order valence-corrected chi connectivity index (χ4v) is 4.35. The van der Waals surface area contributed by atoms with Crippen molar-refractivity contribution >= 4 is 17.3 Å². The molecule has 9 heteroatoms. The van der Waals surface area contributed by atoms with E-state index in [9.17, 15) is 4.39 Å². The third kappa shape index (κ3) is 5.08. The summed E-state index contributed by atoms with van der Waals surface area (Å²) in [6.07, 6.45) is 5.41. The van der Waals surface area contributed by atoms with Crippen LogP contribution in [0.5, 0.6) is 0 Å². The number of nitrogens with two attached hydrogens (primary N) is 2. The van der Waals surface area contributed by atoms with Gasteiger partial charge in [0.05, 0.1) is 5.69 Å². The zero-order valence-corrected chi connectivity index (χ0v) is 19.6. The molecule has 1 aromatic carbocycles. The van der Waals surface area contributed by atoms with Gasteiger partial charge >= 0.3 is 0 Å². The fourth-order valence-electron chi connectivity index (χ4n) is 4.35. The summed E-state index contributed by atoms with van der Waals surface area (Å²) < 4.78 is 16.0. The minimum atomic E-state index is -0.198. The predicted molar refractivity (Wildman–Crippen MR) is 131 cm³/mol. The Balaban J connectivity index is 1.55. The van der Waals surface area contributed by atoms with Crippen LogP contribution in [0.4, 0.5) is 21.7 Å². The smallest absolute Gasteiger partial charge is 0.157 e. The van der Waals surface area contributed by atoms with E-state index in [-0.39, 0.29) is 5.82 Å². The molecule has 0 aliphatic carbocycles. The zero-order chi connectivity index (χ0) is 23.5. The van der Waals surface area contributed by atoms with Crippen molar-refractivity contribution in [2.45, 2.75) is 52.1 Å². The van der Waals surface area contributed by atoms with E-state index in [4.69, 9.17) is 16.5 Å². The van der Waals surface area contributed by atoms with E-state index >= 15 is 0 Å². The Kier molecular flexibility index (Phi) is 6.78. The number of halogens is 1. The molecule has 3 aromatic rings. The second-order valence-electron chi connectivity index (χ2n) is 9.01. The minimum absolute atomic E-state index is 0.198. The third-order valence-electron chi connectivity index (χ3n) is 6.22. The molecule has 176 valence electrons. The lowest BCUT2D eigenvalue weighted by atomic mass is 9.95. The van der Waals surface area contributed by atoms with Crippen LogP contribution in [0.1, 0.15) is 44.0 Å². The lowest BCUT2D eigenvalue weighted by Crippen LogP contribution is -2.35. The summed E-state index contributed by atoms with van der Waals surface area (Å²) in [4.78, 5) is 15.5. The monoisotopic (exact) mass is 452 g/mol. The van der Waals surface area contributed by atoms with E-state index in [2.05, 4.69) is 44.8 Å². The van der Waals surface area contributed by atoms with Gasteiger partial charge in [0.2, 0.25) is 0 Å². The van der Waals surface area contributed by atoms with Gasteiger partial charge in [0.1, 0.15) is 23.7 Å². The summed E-state index contributed by atoms with van der Waals surface area (Å²) in [5, 5.41) is 3.48. The standard InChI is InChI=1S/C24H33FN8/c1-15(2)28-8-11-33-13-20(18-4-5-19(25)16(3)12-18)31-23(33)17-6-9-32(10-7-17)24-21(26)22(27)29-14-30-24/h4-5,12-15,17,28H,6-11,26H2,1-3H3,(H2,27,29,30). The van der Waals surface area contributed by atoms with Crippen molar-refractivity contribution < 1.29 is 4.39 Å². The minimum Gasteiger partial charge on any atom is -0.393 e. The maximum absolute atomic E-state index is 13.8. The number of benzene rings is 1. The summed E-state index contributed by atoms with van der Waals surface area (Å²) in [7, 11) is 0. The number of aryl methyl sites for hydroxylation is 1. The van der Waals surface area contributed by atoms with E-state index in [1.165, 1.54) is 12.4 Å². The zero-order valence-electron chi connectivity index (χ0n) is 19.6. The number of nitrogens with zero attached hydrogens (tertiary/aromatic N) is 5. The maximum Gasteiger partial charge on any atom is 0.157 e. The quantitative estimate of drug-likeness (QED) is 0.504. The van der Waals surface area contributed by atoms with Crippen molar-refractivity contribution in [2.24, 2.45) is 0 Å². The first-order chi connectivity index (χ1) is 15.8. The van der Waals surface area contributed by atoms with Gasteiger partial charge < -0.3 is 26.3 Å². The Morgan fingerprint density at radius 2 is 1.94 bits per heavy atom. The molecule has 3 heterocycles. The summed E-state index contributed by atoms with van der Waals surface area (Å²) in [6.45, 7) is 9.38. The molecule has 1 fully saturated rings. The first-order valence-corrected chi connectivity index (χ1v) is 11.5. The number of hydrogen-bond acceptors (Lipinski definition) is 7. The first-order valence-electron chi connectivity index (χ1n) is 11.5. The van der Waals surface area contributed by atoms with E-state index in [1.54, 1.807) is 13.0 Å². The van der Waals surface area contributed by atoms with Gasteiger partial charge in [-0.1, -0.05) is 13.8 Å². The second-order valence-corrected chi connectivity index (χ2v) is 9.01. The fraction of sp³-hybridized carbons (Fsp3) is 0.458. The van der Waals surface area contributed by atoms with E-state index < -0.39 is 0 Å². The molecule has 0 spiro atoms. The van der Waals surface area contributed by atoms with Crippen molar-refractivity contribution in [3.8, 4) is 11.3 Å². The molecular weight excluding hydrogens is 419 g/mol. The Morgan fingerprint density at radius 3 is 2.64 bits per heavy atom. The van der Waals surface area contributed by atoms with Crippen LogP contribution in [-0.4, -0.2) is 45.2 Å². The molecule has 33 heavy (non-hydrogen) atoms. The Labute approximate surface area is 194 Å². The third-order valence-corrected chi connectivity index (χ3v) is 6.22. The summed E-state index contributed by atoms with van der Waals surface area (Å²) in [6, 6.07) is 5.60. The Bertz CT molecular complexity index is 1100. The van der Waals surface area contributed by atoms with Gasteiger partial charge in [0.25, 0.3) is 0 Å². The van der Waals surface area contributed by atoms with Crippen molar-refractivity contribution in [3.63, 3.8) is 0 Å². The SMILES string of the molecule is Cc1cc(-c2cn(CCNC(C)C)c(C3CCN(c4ncnc(N)c4N)CC3)n2)ccc1F. The topological polar surface area (TPSA) is 111 Å². The molecule has 4 rings (SSSR count). The molecule has 0 radical (unpaired) electrons. The maximum atomic E-state index is 13.8. The highest BCUT2D eigenvalue weighted by Crippen LogP contribution is 2.34. The molecule has 0 atom stereocenters. The van der Waals surface area contributed by atoms with Crippen molar-refractivity contribution in [1.29, 1.82) is 0 Å². The lowest BCUT2D eigenvalue weighted by molar-refractivity contribution is 0.454. The summed E-state index contributed by atoms with van der Waals surface area (Å²) >= 11 is 0. The van der Waals surface area contributed by atoms with Crippen LogP contribution in [0.25, 0.3) is 11.3 Å². The van der Waals surface area contributed by atoms with Gasteiger partial charge in [-0.05, 0) is 43.5 Å². The summed E-state index contributed by atoms with van der Waals surface area (Å²) in [5.74, 6) is 2.21. The van der Waals surface area contributed by atoms with Crippen LogP contribution in [0.15, 0.2) is 30.7 Å². The Morgan fingerprint density at radius 1 is 1.18 bits per heavy atom. The molecule has 0 saturated carbocycles. The van der Waals surface area contributed by atoms with Gasteiger partial charge in [-0.3, -0.25) is 0 Å². The first kappa shape index (κ1) is 23.0. The molecule has 8 nitrogen and oxygen atoms in total. The highest BCUT2D eigenvalue weighted by molar-refractivity contribution is 5.73. The molecule has 0 unspecified atom stereocenters. The average Bonchev–Trinajstić information content (AvgIpc) is 3.21. The average molecular weight is 453 g/mol. The molecule has 5 N–H and O–H groups in total. The molecule has 2 aromatic heterocycles. The normalized spacial score (nSPS) is 14.9. The highest BCUT2D eigenvalue weighted by atomic mass is 19.1. The van der Waals surface area contributed by atoms with Gasteiger partial charge in [-0.25, -0.2) is 19.3 Å².